The number of halogens is 2. The molecule has 36 heavy (non-hydrogen) atoms. The molecule has 1 aromatic carbocycles. The fourth-order valence-electron chi connectivity index (χ4n) is 4.70. The van der Waals surface area contributed by atoms with E-state index in [1.165, 1.54) is 0 Å². The molecule has 1 unspecified atom stereocenters. The molecule has 0 aliphatic carbocycles. The van der Waals surface area contributed by atoms with Crippen molar-refractivity contribution in [2.75, 3.05) is 19.7 Å². The van der Waals surface area contributed by atoms with Crippen molar-refractivity contribution in [2.24, 2.45) is 5.92 Å². The molecular formula is C27H37BrClN3O4. The van der Waals surface area contributed by atoms with Crippen molar-refractivity contribution in [2.45, 2.75) is 78.4 Å². The average molecular weight is 583 g/mol. The van der Waals surface area contributed by atoms with Crippen LogP contribution in [0.25, 0.3) is 0 Å². The van der Waals surface area contributed by atoms with E-state index in [0.717, 1.165) is 30.5 Å². The van der Waals surface area contributed by atoms with Crippen LogP contribution in [0.2, 0.25) is 5.02 Å². The van der Waals surface area contributed by atoms with Crippen molar-refractivity contribution < 1.29 is 19.1 Å². The lowest BCUT2D eigenvalue weighted by Gasteiger charge is -2.35. The summed E-state index contributed by atoms with van der Waals surface area (Å²) in [5, 5.41) is 0.660. The van der Waals surface area contributed by atoms with Crippen LogP contribution in [-0.4, -0.2) is 51.8 Å². The molecule has 2 aromatic rings. The molecule has 198 valence electrons. The number of esters is 1. The summed E-state index contributed by atoms with van der Waals surface area (Å²) in [5.74, 6) is -0.166. The molecule has 1 saturated heterocycles. The Morgan fingerprint density at radius 1 is 1.17 bits per heavy atom. The molecule has 9 heteroatoms. The first-order chi connectivity index (χ1) is 16.9. The van der Waals surface area contributed by atoms with Gasteiger partial charge < -0.3 is 18.9 Å². The van der Waals surface area contributed by atoms with Gasteiger partial charge in [0.1, 0.15) is 5.60 Å². The Morgan fingerprint density at radius 3 is 2.31 bits per heavy atom. The van der Waals surface area contributed by atoms with Crippen LogP contribution in [0.5, 0.6) is 0 Å². The van der Waals surface area contributed by atoms with Gasteiger partial charge in [-0.25, -0.2) is 14.6 Å². The number of likely N-dealkylation sites (tertiary alicyclic amines) is 1. The van der Waals surface area contributed by atoms with E-state index in [2.05, 4.69) is 39.3 Å². The zero-order valence-electron chi connectivity index (χ0n) is 22.0. The first-order valence-corrected chi connectivity index (χ1v) is 13.8. The van der Waals surface area contributed by atoms with Gasteiger partial charge in [0, 0.05) is 30.1 Å². The highest BCUT2D eigenvalue weighted by Gasteiger charge is 2.34. The highest BCUT2D eigenvalue weighted by atomic mass is 79.9. The Balaban J connectivity index is 1.93. The Labute approximate surface area is 227 Å². The second-order valence-electron chi connectivity index (χ2n) is 10.5. The first kappa shape index (κ1) is 28.5. The third-order valence-corrected chi connectivity index (χ3v) is 7.14. The third-order valence-electron chi connectivity index (χ3n) is 6.33. The molecule has 0 spiro atoms. The molecule has 1 atom stereocenters. The maximum absolute atomic E-state index is 13.0. The Kier molecular flexibility index (Phi) is 9.50. The van der Waals surface area contributed by atoms with Crippen LogP contribution in [0.3, 0.4) is 0 Å². The smallest absolute Gasteiger partial charge is 0.410 e. The molecular weight excluding hydrogens is 546 g/mol. The van der Waals surface area contributed by atoms with E-state index < -0.39 is 11.6 Å². The second-order valence-corrected chi connectivity index (χ2v) is 11.7. The summed E-state index contributed by atoms with van der Waals surface area (Å²) >= 11 is 9.78. The third kappa shape index (κ3) is 7.03. The highest BCUT2D eigenvalue weighted by Crippen LogP contribution is 2.39. The van der Waals surface area contributed by atoms with Crippen LogP contribution in [0.15, 0.2) is 29.0 Å². The summed E-state index contributed by atoms with van der Waals surface area (Å²) in [6, 6.07) is 7.87. The molecule has 1 aliphatic rings. The summed E-state index contributed by atoms with van der Waals surface area (Å²) in [6.07, 6.45) is 2.26. The van der Waals surface area contributed by atoms with Gasteiger partial charge in [-0.05, 0) is 100 Å². The largest absolute Gasteiger partial charge is 0.461 e. The molecule has 2 heterocycles. The maximum atomic E-state index is 13.0. The lowest BCUT2D eigenvalue weighted by molar-refractivity contribution is 0.0179. The van der Waals surface area contributed by atoms with E-state index in [1.807, 2.05) is 45.0 Å². The summed E-state index contributed by atoms with van der Waals surface area (Å²) in [5.41, 5.74) is 1.73. The molecule has 0 radical (unpaired) electrons. The summed E-state index contributed by atoms with van der Waals surface area (Å²) in [4.78, 5) is 31.9. The Bertz CT molecular complexity index is 1050. The monoisotopic (exact) mass is 581 g/mol. The van der Waals surface area contributed by atoms with Crippen LogP contribution in [-0.2, 0) is 9.47 Å². The van der Waals surface area contributed by atoms with E-state index in [4.69, 9.17) is 21.1 Å². The lowest BCUT2D eigenvalue weighted by Crippen LogP contribution is -2.42. The van der Waals surface area contributed by atoms with Crippen LogP contribution in [0, 0.1) is 5.92 Å². The minimum Gasteiger partial charge on any atom is -0.461 e. The van der Waals surface area contributed by atoms with E-state index >= 15 is 0 Å². The number of carbonyl (C=O) groups is 2. The number of rotatable bonds is 7. The molecule has 1 amide bonds. The first-order valence-electron chi connectivity index (χ1n) is 12.6. The molecule has 3 rings (SSSR count). The number of hydrogen-bond acceptors (Lipinski definition) is 5. The number of imidazole rings is 1. The number of benzene rings is 1. The topological polar surface area (TPSA) is 73.7 Å². The van der Waals surface area contributed by atoms with Gasteiger partial charge in [0.25, 0.3) is 0 Å². The molecule has 0 saturated carbocycles. The van der Waals surface area contributed by atoms with Gasteiger partial charge in [-0.1, -0.05) is 23.7 Å². The predicted molar refractivity (Wildman–Crippen MR) is 145 cm³/mol. The Hall–Kier alpha value is -2.06. The molecule has 1 aromatic heterocycles. The zero-order chi connectivity index (χ0) is 26.6. The number of amides is 1. The average Bonchev–Trinajstić information content (AvgIpc) is 3.15. The summed E-state index contributed by atoms with van der Waals surface area (Å²) in [6.45, 7) is 13.1. The fourth-order valence-corrected chi connectivity index (χ4v) is 5.61. The van der Waals surface area contributed by atoms with Crippen molar-refractivity contribution >= 4 is 39.6 Å². The SMILES string of the molecule is CCOC(=O)c1nc(Br)n(C(C)C)c1C(CC1CCN(C(=O)OC(C)(C)C)CC1)c1ccc(Cl)cc1. The molecule has 7 nitrogen and oxygen atoms in total. The normalized spacial score (nSPS) is 15.8. The van der Waals surface area contributed by atoms with Crippen molar-refractivity contribution in [3.05, 3.63) is 51.0 Å². The van der Waals surface area contributed by atoms with Crippen molar-refractivity contribution in [3.8, 4) is 0 Å². The van der Waals surface area contributed by atoms with Gasteiger partial charge >= 0.3 is 12.1 Å². The van der Waals surface area contributed by atoms with E-state index in [9.17, 15) is 9.59 Å². The standard InChI is InChI=1S/C27H37BrClN3O4/c1-7-35-24(33)22-23(32(17(2)3)25(28)30-22)21(19-8-10-20(29)11-9-19)16-18-12-14-31(15-13-18)26(34)36-27(4,5)6/h8-11,17-18,21H,7,12-16H2,1-6H3. The lowest BCUT2D eigenvalue weighted by atomic mass is 9.81. The zero-order valence-corrected chi connectivity index (χ0v) is 24.4. The quantitative estimate of drug-likeness (QED) is 0.322. The van der Waals surface area contributed by atoms with Crippen molar-refractivity contribution in [1.82, 2.24) is 14.5 Å². The van der Waals surface area contributed by atoms with Gasteiger partial charge in [0.2, 0.25) is 0 Å². The van der Waals surface area contributed by atoms with E-state index in [-0.39, 0.29) is 24.7 Å². The number of aromatic nitrogens is 2. The second kappa shape index (κ2) is 12.0. The molecule has 0 N–H and O–H groups in total. The van der Waals surface area contributed by atoms with Gasteiger partial charge in [0.05, 0.1) is 12.3 Å². The van der Waals surface area contributed by atoms with Gasteiger partial charge in [-0.3, -0.25) is 0 Å². The van der Waals surface area contributed by atoms with Crippen LogP contribution >= 0.6 is 27.5 Å². The van der Waals surface area contributed by atoms with E-state index in [0.29, 0.717) is 34.5 Å². The van der Waals surface area contributed by atoms with Gasteiger partial charge in [-0.15, -0.1) is 0 Å². The number of carbonyl (C=O) groups excluding carboxylic acids is 2. The maximum Gasteiger partial charge on any atom is 0.410 e. The summed E-state index contributed by atoms with van der Waals surface area (Å²) < 4.78 is 13.6. The number of nitrogens with zero attached hydrogens (tertiary/aromatic N) is 3. The van der Waals surface area contributed by atoms with Crippen LogP contribution in [0.1, 0.15) is 94.5 Å². The number of ether oxygens (including phenoxy) is 2. The Morgan fingerprint density at radius 2 is 1.78 bits per heavy atom. The highest BCUT2D eigenvalue weighted by molar-refractivity contribution is 9.10. The minimum absolute atomic E-state index is 0.0777. The van der Waals surface area contributed by atoms with Crippen LogP contribution in [0.4, 0.5) is 4.79 Å². The fraction of sp³-hybridized carbons (Fsp3) is 0.593. The number of piperidine rings is 1. The van der Waals surface area contributed by atoms with Gasteiger partial charge in [0.15, 0.2) is 10.4 Å². The summed E-state index contributed by atoms with van der Waals surface area (Å²) in [7, 11) is 0. The predicted octanol–water partition coefficient (Wildman–Crippen LogP) is 7.23. The van der Waals surface area contributed by atoms with E-state index in [1.54, 1.807) is 11.8 Å². The van der Waals surface area contributed by atoms with Gasteiger partial charge in [-0.2, -0.15) is 0 Å². The minimum atomic E-state index is -0.514. The number of hydrogen-bond donors (Lipinski definition) is 0. The van der Waals surface area contributed by atoms with Crippen molar-refractivity contribution in [3.63, 3.8) is 0 Å². The van der Waals surface area contributed by atoms with Crippen LogP contribution < -0.4 is 0 Å². The van der Waals surface area contributed by atoms with Crippen molar-refractivity contribution in [1.29, 1.82) is 0 Å². The molecule has 0 bridgehead atoms. The molecule has 1 fully saturated rings. The molecule has 1 aliphatic heterocycles.